The number of rotatable bonds is 1. The highest BCUT2D eigenvalue weighted by atomic mass is 15.1. The van der Waals surface area contributed by atoms with Crippen LogP contribution in [0.1, 0.15) is 25.2 Å². The van der Waals surface area contributed by atoms with Crippen LogP contribution in [-0.4, -0.2) is 9.55 Å². The third kappa shape index (κ3) is 2.53. The molecule has 0 unspecified atom stereocenters. The first-order chi connectivity index (χ1) is 9.25. The number of hydrogen-bond acceptors (Lipinski definition) is 1. The fourth-order valence-corrected chi connectivity index (χ4v) is 2.17. The summed E-state index contributed by atoms with van der Waals surface area (Å²) in [5.74, 6) is 1.02. The third-order valence-electron chi connectivity index (χ3n) is 3.02. The molecular weight excluding hydrogens is 232 g/mol. The molecule has 0 aliphatic rings. The summed E-state index contributed by atoms with van der Waals surface area (Å²) >= 11 is 0. The molecule has 2 aromatic carbocycles. The summed E-state index contributed by atoms with van der Waals surface area (Å²) in [6, 6.07) is 16.8. The molecule has 98 valence electrons. The van der Waals surface area contributed by atoms with Crippen LogP contribution in [0, 0.1) is 13.8 Å². The van der Waals surface area contributed by atoms with Crippen molar-refractivity contribution in [1.82, 2.24) is 9.55 Å². The van der Waals surface area contributed by atoms with Crippen molar-refractivity contribution < 1.29 is 0 Å². The maximum absolute atomic E-state index is 4.57. The van der Waals surface area contributed by atoms with Crippen LogP contribution in [0.2, 0.25) is 0 Å². The summed E-state index contributed by atoms with van der Waals surface area (Å²) in [5.41, 5.74) is 4.65. The fourth-order valence-electron chi connectivity index (χ4n) is 2.17. The van der Waals surface area contributed by atoms with Crippen LogP contribution in [-0.2, 0) is 0 Å². The predicted molar refractivity (Wildman–Crippen MR) is 81.9 cm³/mol. The lowest BCUT2D eigenvalue weighted by molar-refractivity contribution is 1.000. The van der Waals surface area contributed by atoms with E-state index in [4.69, 9.17) is 0 Å². The van der Waals surface area contributed by atoms with Crippen molar-refractivity contribution in [1.29, 1.82) is 0 Å². The van der Waals surface area contributed by atoms with E-state index in [-0.39, 0.29) is 0 Å². The summed E-state index contributed by atoms with van der Waals surface area (Å²) in [6.45, 7) is 8.14. The highest BCUT2D eigenvalue weighted by molar-refractivity contribution is 5.78. The van der Waals surface area contributed by atoms with Crippen molar-refractivity contribution >= 4 is 11.0 Å². The highest BCUT2D eigenvalue weighted by Gasteiger charge is 2.07. The van der Waals surface area contributed by atoms with Crippen LogP contribution >= 0.6 is 0 Å². The first-order valence-electron chi connectivity index (χ1n) is 6.77. The van der Waals surface area contributed by atoms with Crippen LogP contribution in [0.15, 0.2) is 48.5 Å². The van der Waals surface area contributed by atoms with Gasteiger partial charge >= 0.3 is 0 Å². The van der Waals surface area contributed by atoms with Gasteiger partial charge in [-0.1, -0.05) is 43.7 Å². The number of fused-ring (bicyclic) bond motifs is 1. The van der Waals surface area contributed by atoms with E-state index in [1.165, 1.54) is 11.3 Å². The number of nitrogens with zero attached hydrogens (tertiary/aromatic N) is 2. The molecule has 2 heteroatoms. The molecule has 0 N–H and O–H groups in total. The Morgan fingerprint density at radius 1 is 0.842 bits per heavy atom. The summed E-state index contributed by atoms with van der Waals surface area (Å²) in [5, 5.41) is 0. The van der Waals surface area contributed by atoms with Gasteiger partial charge in [0.05, 0.1) is 11.0 Å². The van der Waals surface area contributed by atoms with Crippen molar-refractivity contribution in [2.45, 2.75) is 27.7 Å². The molecule has 0 saturated heterocycles. The standard InChI is InChI=1S/C15H14N2.C2H6/c1-11-7-9-13(10-8-11)17-12(2)16-14-5-3-4-6-15(14)17;1-2/h3-10H,1-2H3;1-2H3. The van der Waals surface area contributed by atoms with Crippen molar-refractivity contribution in [3.63, 3.8) is 0 Å². The molecule has 3 rings (SSSR count). The normalized spacial score (nSPS) is 10.1. The lowest BCUT2D eigenvalue weighted by Crippen LogP contribution is -1.96. The molecule has 0 radical (unpaired) electrons. The predicted octanol–water partition coefficient (Wildman–Crippen LogP) is 4.67. The zero-order valence-electron chi connectivity index (χ0n) is 12.0. The van der Waals surface area contributed by atoms with E-state index in [1.54, 1.807) is 0 Å². The molecule has 1 heterocycles. The van der Waals surface area contributed by atoms with Gasteiger partial charge in [0.25, 0.3) is 0 Å². The zero-order chi connectivity index (χ0) is 13.8. The Kier molecular flexibility index (Phi) is 4.00. The van der Waals surface area contributed by atoms with Crippen LogP contribution in [0.25, 0.3) is 16.7 Å². The third-order valence-corrected chi connectivity index (χ3v) is 3.02. The van der Waals surface area contributed by atoms with E-state index in [9.17, 15) is 0 Å². The second-order valence-corrected chi connectivity index (χ2v) is 4.32. The Hall–Kier alpha value is -2.09. The summed E-state index contributed by atoms with van der Waals surface area (Å²) < 4.78 is 2.19. The Balaban J connectivity index is 0.000000637. The first-order valence-corrected chi connectivity index (χ1v) is 6.77. The van der Waals surface area contributed by atoms with Gasteiger partial charge in [-0.05, 0) is 38.1 Å². The van der Waals surface area contributed by atoms with E-state index in [0.717, 1.165) is 16.9 Å². The second kappa shape index (κ2) is 5.70. The van der Waals surface area contributed by atoms with Crippen molar-refractivity contribution in [3.05, 3.63) is 59.9 Å². The molecule has 0 aliphatic carbocycles. The van der Waals surface area contributed by atoms with E-state index in [2.05, 4.69) is 46.8 Å². The van der Waals surface area contributed by atoms with Gasteiger partial charge in [0.2, 0.25) is 0 Å². The van der Waals surface area contributed by atoms with Crippen LogP contribution in [0.5, 0.6) is 0 Å². The molecule has 0 saturated carbocycles. The molecule has 2 nitrogen and oxygen atoms in total. The monoisotopic (exact) mass is 252 g/mol. The number of para-hydroxylation sites is 2. The van der Waals surface area contributed by atoms with Crippen molar-refractivity contribution in [3.8, 4) is 5.69 Å². The molecule has 0 atom stereocenters. The molecular formula is C17H20N2. The Morgan fingerprint density at radius 3 is 2.16 bits per heavy atom. The Bertz CT molecular complexity index is 663. The molecule has 0 amide bonds. The number of aryl methyl sites for hydroxylation is 2. The minimum absolute atomic E-state index is 1.02. The molecule has 1 aromatic heterocycles. The van der Waals surface area contributed by atoms with Gasteiger partial charge in [-0.2, -0.15) is 0 Å². The number of benzene rings is 2. The maximum Gasteiger partial charge on any atom is 0.111 e. The molecule has 0 spiro atoms. The van der Waals surface area contributed by atoms with Gasteiger partial charge in [-0.15, -0.1) is 0 Å². The average molecular weight is 252 g/mol. The van der Waals surface area contributed by atoms with E-state index in [0.29, 0.717) is 0 Å². The second-order valence-electron chi connectivity index (χ2n) is 4.32. The maximum atomic E-state index is 4.57. The molecule has 0 aliphatic heterocycles. The van der Waals surface area contributed by atoms with Crippen LogP contribution in [0.3, 0.4) is 0 Å². The average Bonchev–Trinajstić information content (AvgIpc) is 2.78. The molecule has 19 heavy (non-hydrogen) atoms. The van der Waals surface area contributed by atoms with Crippen molar-refractivity contribution in [2.75, 3.05) is 0 Å². The Labute approximate surface area is 114 Å². The minimum atomic E-state index is 1.02. The lowest BCUT2D eigenvalue weighted by Gasteiger charge is -2.06. The summed E-state index contributed by atoms with van der Waals surface area (Å²) in [6.07, 6.45) is 0. The van der Waals surface area contributed by atoms with Gasteiger partial charge in [-0.25, -0.2) is 4.98 Å². The van der Waals surface area contributed by atoms with E-state index < -0.39 is 0 Å². The topological polar surface area (TPSA) is 17.8 Å². The van der Waals surface area contributed by atoms with E-state index >= 15 is 0 Å². The van der Waals surface area contributed by atoms with Gasteiger partial charge < -0.3 is 0 Å². The number of hydrogen-bond donors (Lipinski definition) is 0. The van der Waals surface area contributed by atoms with Gasteiger partial charge in [0.15, 0.2) is 0 Å². The van der Waals surface area contributed by atoms with Crippen molar-refractivity contribution in [2.24, 2.45) is 0 Å². The largest absolute Gasteiger partial charge is 0.297 e. The molecule has 0 fully saturated rings. The lowest BCUT2D eigenvalue weighted by atomic mass is 10.2. The minimum Gasteiger partial charge on any atom is -0.297 e. The summed E-state index contributed by atoms with van der Waals surface area (Å²) in [7, 11) is 0. The zero-order valence-corrected chi connectivity index (χ0v) is 12.0. The Morgan fingerprint density at radius 2 is 1.47 bits per heavy atom. The molecule has 0 bridgehead atoms. The number of aromatic nitrogens is 2. The van der Waals surface area contributed by atoms with Crippen LogP contribution in [0.4, 0.5) is 0 Å². The van der Waals surface area contributed by atoms with Gasteiger partial charge in [0, 0.05) is 5.69 Å². The highest BCUT2D eigenvalue weighted by Crippen LogP contribution is 2.21. The SMILES string of the molecule is CC.Cc1ccc(-n2c(C)nc3ccccc32)cc1. The molecule has 3 aromatic rings. The first kappa shape index (κ1) is 13.3. The smallest absolute Gasteiger partial charge is 0.111 e. The summed E-state index contributed by atoms with van der Waals surface area (Å²) in [4.78, 5) is 4.57. The quantitative estimate of drug-likeness (QED) is 0.615. The van der Waals surface area contributed by atoms with E-state index in [1.807, 2.05) is 39.0 Å². The van der Waals surface area contributed by atoms with Gasteiger partial charge in [0.1, 0.15) is 5.82 Å². The fraction of sp³-hybridized carbons (Fsp3) is 0.235. The number of imidazole rings is 1. The van der Waals surface area contributed by atoms with Crippen LogP contribution < -0.4 is 0 Å². The van der Waals surface area contributed by atoms with Gasteiger partial charge in [-0.3, -0.25) is 4.57 Å².